The molecular weight excluding hydrogens is 525 g/mol. The van der Waals surface area contributed by atoms with Gasteiger partial charge < -0.3 is 15.0 Å². The number of esters is 1. The molecule has 37 heavy (non-hydrogen) atoms. The second-order valence-corrected chi connectivity index (χ2v) is 10.7. The van der Waals surface area contributed by atoms with Gasteiger partial charge in [0.1, 0.15) is 10.9 Å². The van der Waals surface area contributed by atoms with Crippen molar-refractivity contribution in [2.45, 2.75) is 30.9 Å². The van der Waals surface area contributed by atoms with Crippen LogP contribution in [0.4, 0.5) is 0 Å². The Balaban J connectivity index is 1.39. The van der Waals surface area contributed by atoms with Gasteiger partial charge in [0.25, 0.3) is 0 Å². The van der Waals surface area contributed by atoms with Gasteiger partial charge in [-0.1, -0.05) is 95.6 Å². The van der Waals surface area contributed by atoms with E-state index >= 15 is 0 Å². The molecule has 2 aliphatic heterocycles. The second-order valence-electron chi connectivity index (χ2n) is 8.69. The van der Waals surface area contributed by atoms with Gasteiger partial charge in [0.05, 0.1) is 12.2 Å². The molecule has 2 atom stereocenters. The third kappa shape index (κ3) is 5.83. The summed E-state index contributed by atoms with van der Waals surface area (Å²) in [6, 6.07) is 24.2. The third-order valence-electron chi connectivity index (χ3n) is 6.24. The molecule has 0 saturated carbocycles. The smallest absolute Gasteiger partial charge is 0.339 e. The van der Waals surface area contributed by atoms with Crippen molar-refractivity contribution in [1.82, 2.24) is 15.5 Å². The minimum Gasteiger partial charge on any atom is -0.462 e. The van der Waals surface area contributed by atoms with Gasteiger partial charge in [-0.2, -0.15) is 0 Å². The van der Waals surface area contributed by atoms with Crippen molar-refractivity contribution in [3.05, 3.63) is 118 Å². The van der Waals surface area contributed by atoms with E-state index in [4.69, 9.17) is 27.9 Å². The lowest BCUT2D eigenvalue weighted by atomic mass is 9.99. The molecule has 8 heteroatoms. The first kappa shape index (κ1) is 25.7. The SMILES string of the molecule is CCOC(=O)C1=CN(Cc2ccccc2-c2ccccc2)C2SC(NCc3c(Cl)cccc3Cl)NC2=C1. The number of fused-ring (bicyclic) bond motifs is 1. The average molecular weight is 553 g/mol. The van der Waals surface area contributed by atoms with Gasteiger partial charge in [-0.05, 0) is 41.8 Å². The van der Waals surface area contributed by atoms with Crippen LogP contribution in [0.3, 0.4) is 0 Å². The molecule has 190 valence electrons. The summed E-state index contributed by atoms with van der Waals surface area (Å²) < 4.78 is 5.32. The zero-order valence-corrected chi connectivity index (χ0v) is 22.6. The molecular formula is C29H27Cl2N3O2S. The van der Waals surface area contributed by atoms with E-state index in [1.807, 2.05) is 55.6 Å². The summed E-state index contributed by atoms with van der Waals surface area (Å²) in [6.45, 7) is 3.28. The molecule has 2 heterocycles. The number of thioether (sulfide) groups is 1. The summed E-state index contributed by atoms with van der Waals surface area (Å²) in [4.78, 5) is 14.9. The molecule has 2 unspecified atom stereocenters. The first-order valence-corrected chi connectivity index (χ1v) is 13.8. The van der Waals surface area contributed by atoms with E-state index in [1.54, 1.807) is 11.8 Å². The van der Waals surface area contributed by atoms with Crippen molar-refractivity contribution >= 4 is 40.9 Å². The molecule has 0 aromatic heterocycles. The molecule has 0 amide bonds. The quantitative estimate of drug-likeness (QED) is 0.310. The van der Waals surface area contributed by atoms with Gasteiger partial charge >= 0.3 is 5.97 Å². The van der Waals surface area contributed by atoms with E-state index in [2.05, 4.69) is 51.9 Å². The van der Waals surface area contributed by atoms with Gasteiger partial charge in [-0.15, -0.1) is 0 Å². The van der Waals surface area contributed by atoms with E-state index in [1.165, 1.54) is 11.1 Å². The Morgan fingerprint density at radius 2 is 1.76 bits per heavy atom. The van der Waals surface area contributed by atoms with Crippen molar-refractivity contribution in [3.8, 4) is 11.1 Å². The largest absolute Gasteiger partial charge is 0.462 e. The molecule has 2 aliphatic rings. The number of ether oxygens (including phenoxy) is 1. The summed E-state index contributed by atoms with van der Waals surface area (Å²) in [5.74, 6) is -0.333. The third-order valence-corrected chi connectivity index (χ3v) is 8.29. The maximum absolute atomic E-state index is 12.7. The van der Waals surface area contributed by atoms with Crippen LogP contribution in [-0.2, 0) is 22.6 Å². The second kappa shape index (κ2) is 11.7. The predicted octanol–water partition coefficient (Wildman–Crippen LogP) is 6.54. The molecule has 1 fully saturated rings. The van der Waals surface area contributed by atoms with E-state index in [9.17, 15) is 4.79 Å². The average Bonchev–Trinajstić information content (AvgIpc) is 3.33. The molecule has 5 nitrogen and oxygen atoms in total. The molecule has 3 aromatic rings. The number of benzene rings is 3. The Bertz CT molecular complexity index is 1330. The minimum absolute atomic E-state index is 0.00113. The highest BCUT2D eigenvalue weighted by Crippen LogP contribution is 2.38. The Morgan fingerprint density at radius 1 is 1.03 bits per heavy atom. The Hall–Kier alpha value is -2.90. The molecule has 1 saturated heterocycles. The van der Waals surface area contributed by atoms with E-state index in [-0.39, 0.29) is 16.8 Å². The zero-order valence-electron chi connectivity index (χ0n) is 20.3. The minimum atomic E-state index is -0.333. The maximum atomic E-state index is 12.7. The van der Waals surface area contributed by atoms with Crippen molar-refractivity contribution < 1.29 is 9.53 Å². The fourth-order valence-corrected chi connectivity index (χ4v) is 6.23. The number of carbonyl (C=O) groups is 1. The molecule has 2 N–H and O–H groups in total. The van der Waals surface area contributed by atoms with Crippen molar-refractivity contribution in [3.63, 3.8) is 0 Å². The number of carbonyl (C=O) groups excluding carboxylic acids is 1. The molecule has 3 aromatic carbocycles. The van der Waals surface area contributed by atoms with Crippen molar-refractivity contribution in [2.24, 2.45) is 0 Å². The molecule has 0 spiro atoms. The highest BCUT2D eigenvalue weighted by Gasteiger charge is 2.36. The van der Waals surface area contributed by atoms with Gasteiger partial charge in [0.2, 0.25) is 0 Å². The summed E-state index contributed by atoms with van der Waals surface area (Å²) in [5, 5.41) is 8.29. The molecule has 0 aliphatic carbocycles. The van der Waals surface area contributed by atoms with Gasteiger partial charge in [0, 0.05) is 40.6 Å². The first-order valence-electron chi connectivity index (χ1n) is 12.1. The van der Waals surface area contributed by atoms with Crippen LogP contribution >= 0.6 is 35.0 Å². The predicted molar refractivity (Wildman–Crippen MR) is 152 cm³/mol. The van der Waals surface area contributed by atoms with Gasteiger partial charge in [-0.25, -0.2) is 4.79 Å². The van der Waals surface area contributed by atoms with Gasteiger partial charge in [0.15, 0.2) is 0 Å². The van der Waals surface area contributed by atoms with Crippen LogP contribution in [0.15, 0.2) is 96.3 Å². The number of halogens is 2. The Morgan fingerprint density at radius 3 is 2.51 bits per heavy atom. The highest BCUT2D eigenvalue weighted by atomic mass is 35.5. The van der Waals surface area contributed by atoms with E-state index in [0.717, 1.165) is 16.8 Å². The van der Waals surface area contributed by atoms with Gasteiger partial charge in [-0.3, -0.25) is 5.32 Å². The summed E-state index contributed by atoms with van der Waals surface area (Å²) in [5.41, 5.74) is 5.75. The standard InChI is InChI=1S/C29H27Cl2N3O2S/c1-2-36-28(35)21-15-26-27(37-29(33-26)32-16-23-24(30)13-8-14-25(23)31)34(18-21)17-20-11-6-7-12-22(20)19-9-4-3-5-10-19/h3-15,18,27,29,32-33H,2,16-17H2,1H3. The number of hydrogen-bond donors (Lipinski definition) is 2. The molecule has 0 radical (unpaired) electrons. The van der Waals surface area contributed by atoms with Crippen LogP contribution in [0.2, 0.25) is 10.0 Å². The Kier molecular flexibility index (Phi) is 8.11. The molecule has 0 bridgehead atoms. The van der Waals surface area contributed by atoms with Crippen LogP contribution < -0.4 is 10.6 Å². The van der Waals surface area contributed by atoms with Crippen LogP contribution in [0.5, 0.6) is 0 Å². The van der Waals surface area contributed by atoms with Crippen LogP contribution in [0.1, 0.15) is 18.1 Å². The van der Waals surface area contributed by atoms with E-state index < -0.39 is 0 Å². The Labute approximate surface area is 231 Å². The van der Waals surface area contributed by atoms with Crippen LogP contribution in [0, 0.1) is 0 Å². The number of nitrogens with one attached hydrogen (secondary N) is 2. The topological polar surface area (TPSA) is 53.6 Å². The lowest BCUT2D eigenvalue weighted by Gasteiger charge is -2.31. The fraction of sp³-hybridized carbons (Fsp3) is 0.207. The van der Waals surface area contributed by atoms with Crippen LogP contribution in [-0.4, -0.2) is 28.3 Å². The fourth-order valence-electron chi connectivity index (χ4n) is 4.48. The lowest BCUT2D eigenvalue weighted by molar-refractivity contribution is -0.138. The monoisotopic (exact) mass is 551 g/mol. The van der Waals surface area contributed by atoms with E-state index in [0.29, 0.717) is 35.3 Å². The first-order chi connectivity index (χ1) is 18.0. The summed E-state index contributed by atoms with van der Waals surface area (Å²) in [7, 11) is 0. The number of rotatable bonds is 8. The lowest BCUT2D eigenvalue weighted by Crippen LogP contribution is -2.35. The number of hydrogen-bond acceptors (Lipinski definition) is 6. The van der Waals surface area contributed by atoms with Crippen molar-refractivity contribution in [2.75, 3.05) is 6.61 Å². The van der Waals surface area contributed by atoms with Crippen molar-refractivity contribution in [1.29, 1.82) is 0 Å². The normalized spacial score (nSPS) is 18.5. The summed E-state index contributed by atoms with van der Waals surface area (Å²) in [6.07, 6.45) is 3.80. The summed E-state index contributed by atoms with van der Waals surface area (Å²) >= 11 is 14.5. The number of nitrogens with zero attached hydrogens (tertiary/aromatic N) is 1. The van der Waals surface area contributed by atoms with Crippen LogP contribution in [0.25, 0.3) is 11.1 Å². The molecule has 5 rings (SSSR count). The maximum Gasteiger partial charge on any atom is 0.339 e. The highest BCUT2D eigenvalue weighted by molar-refractivity contribution is 8.00. The zero-order chi connectivity index (χ0) is 25.8.